The molecule has 0 bridgehead atoms. The zero-order valence-electron chi connectivity index (χ0n) is 11.5. The van der Waals surface area contributed by atoms with Gasteiger partial charge in [-0.3, -0.25) is 0 Å². The molecule has 1 aliphatic heterocycles. The number of nitrogens with one attached hydrogen (secondary N) is 1. The van der Waals surface area contributed by atoms with E-state index in [1.54, 1.807) is 34.3 Å². The molecule has 1 fully saturated rings. The quantitative estimate of drug-likeness (QED) is 0.865. The lowest BCUT2D eigenvalue weighted by Crippen LogP contribution is -2.55. The van der Waals surface area contributed by atoms with Crippen molar-refractivity contribution in [3.05, 3.63) is 24.3 Å². The summed E-state index contributed by atoms with van der Waals surface area (Å²) in [5.41, 5.74) is 0. The summed E-state index contributed by atoms with van der Waals surface area (Å²) >= 11 is 1.55. The first-order valence-electron chi connectivity index (χ1n) is 6.33. The lowest BCUT2D eigenvalue weighted by atomic mass is 10.2. The van der Waals surface area contributed by atoms with Crippen LogP contribution in [0.25, 0.3) is 0 Å². The minimum Gasteiger partial charge on any atom is -0.309 e. The smallest absolute Gasteiger partial charge is 0.243 e. The average molecular weight is 300 g/mol. The van der Waals surface area contributed by atoms with Gasteiger partial charge in [0.05, 0.1) is 4.90 Å². The van der Waals surface area contributed by atoms with Crippen LogP contribution < -0.4 is 5.32 Å². The molecule has 106 valence electrons. The van der Waals surface area contributed by atoms with E-state index in [-0.39, 0.29) is 12.1 Å². The molecule has 2 unspecified atom stereocenters. The summed E-state index contributed by atoms with van der Waals surface area (Å²) in [6.45, 7) is 5.07. The SMILES string of the molecule is CSc1cccc(S(=O)(=O)N2CC(C)NC(C)C2)c1. The Balaban J connectivity index is 2.30. The predicted octanol–water partition coefficient (Wildman–Crippen LogP) is 1.78. The lowest BCUT2D eigenvalue weighted by Gasteiger charge is -2.35. The summed E-state index contributed by atoms with van der Waals surface area (Å²) < 4.78 is 26.9. The highest BCUT2D eigenvalue weighted by atomic mass is 32.2. The highest BCUT2D eigenvalue weighted by Gasteiger charge is 2.31. The topological polar surface area (TPSA) is 49.4 Å². The Bertz CT molecular complexity index is 535. The summed E-state index contributed by atoms with van der Waals surface area (Å²) in [5, 5.41) is 3.35. The van der Waals surface area contributed by atoms with Crippen LogP contribution in [0.3, 0.4) is 0 Å². The maximum Gasteiger partial charge on any atom is 0.243 e. The van der Waals surface area contributed by atoms with Gasteiger partial charge in [-0.2, -0.15) is 4.31 Å². The average Bonchev–Trinajstić information content (AvgIpc) is 2.37. The molecule has 4 nitrogen and oxygen atoms in total. The molecule has 1 saturated heterocycles. The fraction of sp³-hybridized carbons (Fsp3) is 0.538. The molecular weight excluding hydrogens is 280 g/mol. The van der Waals surface area contributed by atoms with Crippen LogP contribution in [0.2, 0.25) is 0 Å². The van der Waals surface area contributed by atoms with Crippen molar-refractivity contribution in [1.82, 2.24) is 9.62 Å². The van der Waals surface area contributed by atoms with E-state index in [0.717, 1.165) is 4.90 Å². The van der Waals surface area contributed by atoms with Crippen molar-refractivity contribution in [2.45, 2.75) is 35.7 Å². The molecule has 1 heterocycles. The van der Waals surface area contributed by atoms with Crippen LogP contribution in [0.15, 0.2) is 34.1 Å². The maximum atomic E-state index is 12.6. The Labute approximate surface area is 119 Å². The van der Waals surface area contributed by atoms with E-state index in [9.17, 15) is 8.42 Å². The molecule has 0 amide bonds. The van der Waals surface area contributed by atoms with Crippen LogP contribution in [0, 0.1) is 0 Å². The molecule has 1 N–H and O–H groups in total. The van der Waals surface area contributed by atoms with Gasteiger partial charge >= 0.3 is 0 Å². The second kappa shape index (κ2) is 5.83. The van der Waals surface area contributed by atoms with E-state index in [1.165, 1.54) is 0 Å². The van der Waals surface area contributed by atoms with Crippen molar-refractivity contribution < 1.29 is 8.42 Å². The van der Waals surface area contributed by atoms with E-state index in [1.807, 2.05) is 26.2 Å². The van der Waals surface area contributed by atoms with Gasteiger partial charge in [0.25, 0.3) is 0 Å². The van der Waals surface area contributed by atoms with Crippen LogP contribution in [0.4, 0.5) is 0 Å². The van der Waals surface area contributed by atoms with Crippen molar-refractivity contribution >= 4 is 21.8 Å². The molecule has 1 aromatic carbocycles. The standard InChI is InChI=1S/C13H20N2O2S2/c1-10-8-15(9-11(2)14-10)19(16,17)13-6-4-5-12(7-13)18-3/h4-7,10-11,14H,8-9H2,1-3H3. The van der Waals surface area contributed by atoms with Crippen molar-refractivity contribution in [3.63, 3.8) is 0 Å². The van der Waals surface area contributed by atoms with Gasteiger partial charge < -0.3 is 5.32 Å². The number of hydrogen-bond donors (Lipinski definition) is 1. The summed E-state index contributed by atoms with van der Waals surface area (Å²) in [5.74, 6) is 0. The summed E-state index contributed by atoms with van der Waals surface area (Å²) in [6.07, 6.45) is 1.95. The Kier molecular flexibility index (Phi) is 4.55. The minimum absolute atomic E-state index is 0.183. The Hall–Kier alpha value is -0.560. The van der Waals surface area contributed by atoms with Gasteiger partial charge in [0, 0.05) is 30.1 Å². The molecular formula is C13H20N2O2S2. The number of thioether (sulfide) groups is 1. The van der Waals surface area contributed by atoms with Gasteiger partial charge in [-0.1, -0.05) is 6.07 Å². The summed E-state index contributed by atoms with van der Waals surface area (Å²) in [6, 6.07) is 7.51. The van der Waals surface area contributed by atoms with Crippen LogP contribution in [0.5, 0.6) is 0 Å². The van der Waals surface area contributed by atoms with Gasteiger partial charge in [-0.25, -0.2) is 8.42 Å². The summed E-state index contributed by atoms with van der Waals surface area (Å²) in [4.78, 5) is 1.36. The predicted molar refractivity (Wildman–Crippen MR) is 79.0 cm³/mol. The normalized spacial score (nSPS) is 25.4. The second-order valence-electron chi connectivity index (χ2n) is 4.97. The Morgan fingerprint density at radius 3 is 2.47 bits per heavy atom. The zero-order chi connectivity index (χ0) is 14.0. The van der Waals surface area contributed by atoms with Crippen LogP contribution in [-0.2, 0) is 10.0 Å². The number of hydrogen-bond acceptors (Lipinski definition) is 4. The zero-order valence-corrected chi connectivity index (χ0v) is 13.1. The van der Waals surface area contributed by atoms with Crippen LogP contribution >= 0.6 is 11.8 Å². The van der Waals surface area contributed by atoms with E-state index in [4.69, 9.17) is 0 Å². The Morgan fingerprint density at radius 2 is 1.89 bits per heavy atom. The fourth-order valence-corrected chi connectivity index (χ4v) is 4.58. The Morgan fingerprint density at radius 1 is 1.26 bits per heavy atom. The summed E-state index contributed by atoms with van der Waals surface area (Å²) in [7, 11) is -3.38. The third kappa shape index (κ3) is 3.31. The molecule has 1 aromatic rings. The first-order chi connectivity index (χ1) is 8.93. The van der Waals surface area contributed by atoms with Crippen molar-refractivity contribution in [2.24, 2.45) is 0 Å². The van der Waals surface area contributed by atoms with Gasteiger partial charge in [0.1, 0.15) is 0 Å². The van der Waals surface area contributed by atoms with Gasteiger partial charge in [-0.05, 0) is 38.3 Å². The highest BCUT2D eigenvalue weighted by molar-refractivity contribution is 7.98. The molecule has 0 radical (unpaired) electrons. The number of sulfonamides is 1. The fourth-order valence-electron chi connectivity index (χ4n) is 2.38. The first kappa shape index (κ1) is 14.8. The van der Waals surface area contributed by atoms with E-state index < -0.39 is 10.0 Å². The van der Waals surface area contributed by atoms with E-state index in [0.29, 0.717) is 18.0 Å². The molecule has 6 heteroatoms. The molecule has 2 atom stereocenters. The third-order valence-electron chi connectivity index (χ3n) is 3.20. The minimum atomic E-state index is -3.38. The molecule has 2 rings (SSSR count). The monoisotopic (exact) mass is 300 g/mol. The second-order valence-corrected chi connectivity index (χ2v) is 7.79. The molecule has 0 aliphatic carbocycles. The highest BCUT2D eigenvalue weighted by Crippen LogP contribution is 2.23. The molecule has 1 aliphatic rings. The molecule has 0 aromatic heterocycles. The van der Waals surface area contributed by atoms with Crippen molar-refractivity contribution in [1.29, 1.82) is 0 Å². The number of rotatable bonds is 3. The molecule has 19 heavy (non-hydrogen) atoms. The molecule has 0 spiro atoms. The first-order valence-corrected chi connectivity index (χ1v) is 9.00. The third-order valence-corrected chi connectivity index (χ3v) is 5.76. The van der Waals surface area contributed by atoms with Crippen molar-refractivity contribution in [3.8, 4) is 0 Å². The molecule has 0 saturated carbocycles. The number of benzene rings is 1. The van der Waals surface area contributed by atoms with E-state index >= 15 is 0 Å². The van der Waals surface area contributed by atoms with Crippen LogP contribution in [-0.4, -0.2) is 44.2 Å². The van der Waals surface area contributed by atoms with Crippen LogP contribution in [0.1, 0.15) is 13.8 Å². The number of piperazine rings is 1. The maximum absolute atomic E-state index is 12.6. The largest absolute Gasteiger partial charge is 0.309 e. The lowest BCUT2D eigenvalue weighted by molar-refractivity contribution is 0.263. The van der Waals surface area contributed by atoms with Gasteiger partial charge in [0.2, 0.25) is 10.0 Å². The van der Waals surface area contributed by atoms with E-state index in [2.05, 4.69) is 5.32 Å². The van der Waals surface area contributed by atoms with Gasteiger partial charge in [-0.15, -0.1) is 11.8 Å². The number of nitrogens with zero attached hydrogens (tertiary/aromatic N) is 1. The van der Waals surface area contributed by atoms with Gasteiger partial charge in [0.15, 0.2) is 0 Å². The van der Waals surface area contributed by atoms with Crippen molar-refractivity contribution in [2.75, 3.05) is 19.3 Å².